The molecule has 3 aromatic carbocycles. The predicted octanol–water partition coefficient (Wildman–Crippen LogP) is 6.79. The van der Waals surface area contributed by atoms with Gasteiger partial charge >= 0.3 is 0 Å². The van der Waals surface area contributed by atoms with E-state index in [-0.39, 0.29) is 29.4 Å². The first kappa shape index (κ1) is 42.1. The minimum Gasteiger partial charge on any atom is -0.382 e. The Bertz CT molecular complexity index is 2820. The largest absolute Gasteiger partial charge is 0.382 e. The first-order chi connectivity index (χ1) is 28.9. The number of aliphatic imine (C=N–C) groups is 1. The summed E-state index contributed by atoms with van der Waals surface area (Å²) in [6.45, 7) is 9.72. The van der Waals surface area contributed by atoms with E-state index in [1.165, 1.54) is 24.4 Å². The van der Waals surface area contributed by atoms with Crippen LogP contribution in [0, 0.1) is 50.4 Å². The van der Waals surface area contributed by atoms with Crippen molar-refractivity contribution in [2.75, 3.05) is 49.6 Å². The van der Waals surface area contributed by atoms with Gasteiger partial charge in [0.1, 0.15) is 29.0 Å². The SMILES string of the molecule is Cc1sc2c(c1C)C(c1ccc(Cl)cc1)=N[C@@H](CC(=O)NCCOCCOCCNc1ccc(S(=O)(=O)Nc3ccc(C)c4c(C#N)c[nH]c34)cc1C#N)c1nnc(C)n1-2. The molecule has 4 heterocycles. The summed E-state index contributed by atoms with van der Waals surface area (Å²) in [5, 5.41) is 36.3. The van der Waals surface area contributed by atoms with Crippen molar-refractivity contribution in [3.05, 3.63) is 116 Å². The van der Waals surface area contributed by atoms with Crippen LogP contribution in [-0.2, 0) is 24.3 Å². The molecule has 0 radical (unpaired) electrons. The third-order valence-corrected chi connectivity index (χ3v) is 12.9. The highest BCUT2D eigenvalue weighted by molar-refractivity contribution is 7.92. The number of carbonyl (C=O) groups is 1. The summed E-state index contributed by atoms with van der Waals surface area (Å²) in [5.74, 6) is 1.12. The van der Waals surface area contributed by atoms with Gasteiger partial charge in [-0.15, -0.1) is 21.5 Å². The summed E-state index contributed by atoms with van der Waals surface area (Å²) in [5.41, 5.74) is 6.43. The number of hydrogen-bond acceptors (Lipinski definition) is 12. The van der Waals surface area contributed by atoms with E-state index in [9.17, 15) is 23.7 Å². The van der Waals surface area contributed by atoms with Crippen LogP contribution in [0.1, 0.15) is 62.4 Å². The average molecular weight is 865 g/mol. The standard InChI is InChI=1S/C42H41ClN10O5S2/c1-24-5-11-34(40-37(24)30(22-45)23-48-40)52-60(55,56)32-10-12-33(29(19-32)21-44)46-13-15-57-17-18-58-16-14-47-36(54)20-35-41-51-50-27(4)53(41)42-38(25(2)26(3)59-42)39(49-35)28-6-8-31(43)9-7-28/h5-12,19,23,35,46,48,52H,13-18,20H2,1-4H3,(H,47,54)/t35-/m0/s1. The lowest BCUT2D eigenvalue weighted by atomic mass is 9.99. The number of amides is 1. The Balaban J connectivity index is 0.857. The highest BCUT2D eigenvalue weighted by Crippen LogP contribution is 2.39. The Hall–Kier alpha value is -6.08. The first-order valence-corrected chi connectivity index (χ1v) is 21.7. The van der Waals surface area contributed by atoms with Crippen molar-refractivity contribution in [1.29, 1.82) is 10.5 Å². The monoisotopic (exact) mass is 864 g/mol. The van der Waals surface area contributed by atoms with E-state index in [4.69, 9.17) is 26.1 Å². The second-order valence-electron chi connectivity index (χ2n) is 14.0. The molecule has 0 saturated carbocycles. The van der Waals surface area contributed by atoms with Crippen molar-refractivity contribution in [1.82, 2.24) is 25.1 Å². The number of H-pyrrole nitrogens is 1. The fourth-order valence-corrected chi connectivity index (χ4v) is 9.39. The van der Waals surface area contributed by atoms with Crippen molar-refractivity contribution in [3.63, 3.8) is 0 Å². The molecule has 0 unspecified atom stereocenters. The molecule has 0 saturated heterocycles. The molecule has 7 rings (SSSR count). The molecular formula is C42H41ClN10O5S2. The van der Waals surface area contributed by atoms with Crippen molar-refractivity contribution in [3.8, 4) is 17.1 Å². The number of benzene rings is 3. The number of carbonyl (C=O) groups excluding carboxylic acids is 1. The van der Waals surface area contributed by atoms with E-state index in [1.54, 1.807) is 23.5 Å². The maximum Gasteiger partial charge on any atom is 0.262 e. The van der Waals surface area contributed by atoms with Crippen LogP contribution in [0.5, 0.6) is 0 Å². The van der Waals surface area contributed by atoms with E-state index in [1.807, 2.05) is 42.7 Å². The number of halogens is 1. The van der Waals surface area contributed by atoms with Crippen LogP contribution in [-0.4, -0.2) is 79.3 Å². The van der Waals surface area contributed by atoms with Crippen LogP contribution in [0.3, 0.4) is 0 Å². The molecule has 1 aliphatic rings. The van der Waals surface area contributed by atoms with Crippen molar-refractivity contribution in [2.45, 2.75) is 45.1 Å². The summed E-state index contributed by atoms with van der Waals surface area (Å²) in [6.07, 6.45) is 1.60. The lowest BCUT2D eigenvalue weighted by molar-refractivity contribution is -0.121. The van der Waals surface area contributed by atoms with Gasteiger partial charge in [-0.3, -0.25) is 19.1 Å². The van der Waals surface area contributed by atoms with Gasteiger partial charge in [0.15, 0.2) is 5.82 Å². The van der Waals surface area contributed by atoms with Gasteiger partial charge in [-0.25, -0.2) is 8.42 Å². The lowest BCUT2D eigenvalue weighted by Gasteiger charge is -2.13. The Labute approximate surface area is 356 Å². The number of aryl methyl sites for hydroxylation is 3. The van der Waals surface area contributed by atoms with E-state index in [2.05, 4.69) is 56.5 Å². The zero-order valence-corrected chi connectivity index (χ0v) is 35.6. The minimum absolute atomic E-state index is 0.0663. The second kappa shape index (κ2) is 18.0. The van der Waals surface area contributed by atoms with E-state index in [0.717, 1.165) is 43.7 Å². The summed E-state index contributed by atoms with van der Waals surface area (Å²) in [7, 11) is -4.06. The van der Waals surface area contributed by atoms with Gasteiger partial charge in [0.25, 0.3) is 10.0 Å². The number of hydrogen-bond donors (Lipinski definition) is 4. The highest BCUT2D eigenvalue weighted by atomic mass is 35.5. The fourth-order valence-electron chi connectivity index (χ4n) is 6.96. The number of aromatic amines is 1. The quantitative estimate of drug-likeness (QED) is 0.0749. The number of thiophene rings is 1. The van der Waals surface area contributed by atoms with E-state index in [0.29, 0.717) is 71.6 Å². The Morgan fingerprint density at radius 3 is 2.38 bits per heavy atom. The zero-order chi connectivity index (χ0) is 42.6. The molecule has 60 heavy (non-hydrogen) atoms. The number of anilines is 2. The normalized spacial score (nSPS) is 13.4. The van der Waals surface area contributed by atoms with Gasteiger partial charge in [-0.2, -0.15) is 10.5 Å². The summed E-state index contributed by atoms with van der Waals surface area (Å²) in [4.78, 5) is 22.4. The molecule has 308 valence electrons. The Morgan fingerprint density at radius 1 is 0.933 bits per heavy atom. The van der Waals surface area contributed by atoms with Gasteiger partial charge in [0, 0.05) is 45.7 Å². The van der Waals surface area contributed by atoms with E-state index < -0.39 is 16.1 Å². The number of sulfonamides is 1. The molecule has 0 spiro atoms. The molecule has 1 aliphatic heterocycles. The smallest absolute Gasteiger partial charge is 0.262 e. The van der Waals surface area contributed by atoms with Gasteiger partial charge < -0.3 is 25.1 Å². The topological polar surface area (TPSA) is 212 Å². The van der Waals surface area contributed by atoms with Crippen LogP contribution in [0.15, 0.2) is 70.7 Å². The lowest BCUT2D eigenvalue weighted by Crippen LogP contribution is -2.29. The number of rotatable bonds is 16. The van der Waals surface area contributed by atoms with Crippen LogP contribution in [0.25, 0.3) is 15.9 Å². The highest BCUT2D eigenvalue weighted by Gasteiger charge is 2.32. The first-order valence-electron chi connectivity index (χ1n) is 19.0. The van der Waals surface area contributed by atoms with Gasteiger partial charge in [0.2, 0.25) is 5.91 Å². The fraction of sp³-hybridized carbons (Fsp3) is 0.286. The van der Waals surface area contributed by atoms with Gasteiger partial charge in [-0.1, -0.05) is 29.8 Å². The molecule has 1 atom stereocenters. The van der Waals surface area contributed by atoms with Crippen molar-refractivity contribution in [2.24, 2.45) is 4.99 Å². The van der Waals surface area contributed by atoms with Crippen molar-refractivity contribution < 1.29 is 22.7 Å². The van der Waals surface area contributed by atoms with Crippen LogP contribution in [0.2, 0.25) is 5.02 Å². The molecule has 6 aromatic rings. The molecule has 18 heteroatoms. The molecule has 3 aromatic heterocycles. The number of nitriles is 2. The molecular weight excluding hydrogens is 824 g/mol. The average Bonchev–Trinajstić information content (AvgIpc) is 3.91. The third-order valence-electron chi connectivity index (χ3n) is 10.1. The molecule has 15 nitrogen and oxygen atoms in total. The second-order valence-corrected chi connectivity index (χ2v) is 17.4. The number of aromatic nitrogens is 4. The van der Waals surface area contributed by atoms with Crippen LogP contribution in [0.4, 0.5) is 11.4 Å². The van der Waals surface area contributed by atoms with Crippen LogP contribution >= 0.6 is 22.9 Å². The van der Waals surface area contributed by atoms with E-state index >= 15 is 0 Å². The van der Waals surface area contributed by atoms with Crippen LogP contribution < -0.4 is 15.4 Å². The summed E-state index contributed by atoms with van der Waals surface area (Å²) < 4.78 is 42.5. The number of fused-ring (bicyclic) bond motifs is 4. The third kappa shape index (κ3) is 8.77. The molecule has 1 amide bonds. The van der Waals surface area contributed by atoms with Crippen molar-refractivity contribution >= 4 is 66.9 Å². The molecule has 4 N–H and O–H groups in total. The maximum absolute atomic E-state index is 13.3. The van der Waals surface area contributed by atoms with Gasteiger partial charge in [0.05, 0.1) is 71.5 Å². The Morgan fingerprint density at radius 2 is 1.65 bits per heavy atom. The minimum atomic E-state index is -4.06. The number of nitrogens with one attached hydrogen (secondary N) is 4. The zero-order valence-electron chi connectivity index (χ0n) is 33.2. The number of ether oxygens (including phenoxy) is 2. The number of nitrogens with zero attached hydrogens (tertiary/aromatic N) is 6. The Kier molecular flexibility index (Phi) is 12.6. The maximum atomic E-state index is 13.3. The molecule has 0 bridgehead atoms. The van der Waals surface area contributed by atoms with Gasteiger partial charge in [-0.05, 0) is 75.2 Å². The predicted molar refractivity (Wildman–Crippen MR) is 231 cm³/mol. The molecule has 0 aliphatic carbocycles. The molecule has 0 fully saturated rings. The summed E-state index contributed by atoms with van der Waals surface area (Å²) >= 11 is 7.87. The summed E-state index contributed by atoms with van der Waals surface area (Å²) in [6, 6.07) is 18.7.